The topological polar surface area (TPSA) is 29.9 Å². The van der Waals surface area contributed by atoms with Gasteiger partial charge in [0.15, 0.2) is 0 Å². The molecule has 100 valence electrons. The molecule has 19 heavy (non-hydrogen) atoms. The van der Waals surface area contributed by atoms with Crippen molar-refractivity contribution < 1.29 is 4.39 Å². The van der Waals surface area contributed by atoms with Crippen LogP contribution in [-0.2, 0) is 13.6 Å². The van der Waals surface area contributed by atoms with Gasteiger partial charge in [-0.2, -0.15) is 5.10 Å². The number of hydrogen-bond acceptors (Lipinski definition) is 2. The molecule has 3 rings (SSSR count). The lowest BCUT2D eigenvalue weighted by atomic mass is 10.0. The summed E-state index contributed by atoms with van der Waals surface area (Å²) in [6, 6.07) is 6.04. The van der Waals surface area contributed by atoms with E-state index in [1.165, 1.54) is 12.8 Å². The van der Waals surface area contributed by atoms with E-state index in [9.17, 15) is 4.39 Å². The Morgan fingerprint density at radius 2 is 2.21 bits per heavy atom. The predicted octanol–water partition coefficient (Wildman–Crippen LogP) is 2.79. The maximum absolute atomic E-state index is 14.1. The van der Waals surface area contributed by atoms with Gasteiger partial charge >= 0.3 is 0 Å². The third-order valence-corrected chi connectivity index (χ3v) is 3.54. The minimum atomic E-state index is -0.145. The van der Waals surface area contributed by atoms with Crippen LogP contribution >= 0.6 is 0 Å². The van der Waals surface area contributed by atoms with Gasteiger partial charge in [0.05, 0.1) is 5.69 Å². The summed E-state index contributed by atoms with van der Waals surface area (Å²) in [5.41, 5.74) is 3.53. The molecule has 1 heterocycles. The van der Waals surface area contributed by atoms with Crippen LogP contribution in [0, 0.1) is 12.7 Å². The lowest BCUT2D eigenvalue weighted by Gasteiger charge is -2.07. The van der Waals surface area contributed by atoms with Gasteiger partial charge in [-0.25, -0.2) is 4.39 Å². The van der Waals surface area contributed by atoms with E-state index < -0.39 is 0 Å². The normalized spacial score (nSPS) is 14.9. The van der Waals surface area contributed by atoms with Gasteiger partial charge in [0.25, 0.3) is 0 Å². The third kappa shape index (κ3) is 2.68. The summed E-state index contributed by atoms with van der Waals surface area (Å²) in [4.78, 5) is 0. The fourth-order valence-corrected chi connectivity index (χ4v) is 2.28. The first-order valence-electron chi connectivity index (χ1n) is 6.66. The smallest absolute Gasteiger partial charge is 0.128 e. The first-order chi connectivity index (χ1) is 9.13. The van der Waals surface area contributed by atoms with E-state index in [0.717, 1.165) is 22.4 Å². The molecule has 1 fully saturated rings. The molecule has 0 amide bonds. The van der Waals surface area contributed by atoms with Crippen molar-refractivity contribution in [2.45, 2.75) is 32.4 Å². The number of nitrogens with zero attached hydrogens (tertiary/aromatic N) is 2. The van der Waals surface area contributed by atoms with E-state index in [2.05, 4.69) is 10.4 Å². The highest BCUT2D eigenvalue weighted by atomic mass is 19.1. The van der Waals surface area contributed by atoms with Crippen LogP contribution in [0.2, 0.25) is 0 Å². The van der Waals surface area contributed by atoms with Crippen LogP contribution in [0.3, 0.4) is 0 Å². The van der Waals surface area contributed by atoms with Gasteiger partial charge in [-0.05, 0) is 31.4 Å². The van der Waals surface area contributed by atoms with Gasteiger partial charge in [0, 0.05) is 37.0 Å². The number of benzene rings is 1. The Labute approximate surface area is 112 Å². The summed E-state index contributed by atoms with van der Waals surface area (Å²) >= 11 is 0. The largest absolute Gasteiger partial charge is 0.310 e. The summed E-state index contributed by atoms with van der Waals surface area (Å²) in [5, 5.41) is 7.62. The first kappa shape index (κ1) is 12.4. The fraction of sp³-hybridized carbons (Fsp3) is 0.400. The summed E-state index contributed by atoms with van der Waals surface area (Å²) in [7, 11) is 1.88. The number of nitrogens with one attached hydrogen (secondary N) is 1. The average molecular weight is 259 g/mol. The SMILES string of the molecule is Cc1nn(C)cc1-c1ccc(CNC2CC2)c(F)c1. The minimum Gasteiger partial charge on any atom is -0.310 e. The van der Waals surface area contributed by atoms with Gasteiger partial charge in [-0.15, -0.1) is 0 Å². The molecule has 0 unspecified atom stereocenters. The van der Waals surface area contributed by atoms with Crippen molar-refractivity contribution in [2.24, 2.45) is 7.05 Å². The van der Waals surface area contributed by atoms with E-state index in [1.807, 2.05) is 32.3 Å². The second kappa shape index (κ2) is 4.78. The van der Waals surface area contributed by atoms with Crippen LogP contribution in [-0.4, -0.2) is 15.8 Å². The molecule has 0 spiro atoms. The number of aryl methyl sites for hydroxylation is 2. The van der Waals surface area contributed by atoms with Crippen molar-refractivity contribution in [1.82, 2.24) is 15.1 Å². The molecule has 0 radical (unpaired) electrons. The van der Waals surface area contributed by atoms with Crippen LogP contribution in [0.25, 0.3) is 11.1 Å². The molecule has 1 aliphatic carbocycles. The molecule has 0 atom stereocenters. The Morgan fingerprint density at radius 3 is 2.79 bits per heavy atom. The number of hydrogen-bond donors (Lipinski definition) is 1. The molecule has 4 heteroatoms. The van der Waals surface area contributed by atoms with Gasteiger partial charge < -0.3 is 5.32 Å². The fourth-order valence-electron chi connectivity index (χ4n) is 2.28. The third-order valence-electron chi connectivity index (χ3n) is 3.54. The molecule has 0 aliphatic heterocycles. The summed E-state index contributed by atoms with van der Waals surface area (Å²) in [5.74, 6) is -0.145. The van der Waals surface area contributed by atoms with Crippen LogP contribution in [0.5, 0.6) is 0 Å². The van der Waals surface area contributed by atoms with Crippen molar-refractivity contribution in [1.29, 1.82) is 0 Å². The van der Waals surface area contributed by atoms with Crippen molar-refractivity contribution in [3.8, 4) is 11.1 Å². The van der Waals surface area contributed by atoms with Crippen molar-refractivity contribution in [3.05, 3.63) is 41.5 Å². The molecule has 1 aliphatic rings. The Bertz CT molecular complexity index is 599. The summed E-state index contributed by atoms with van der Waals surface area (Å²) in [6.07, 6.45) is 4.36. The van der Waals surface area contributed by atoms with Crippen molar-refractivity contribution >= 4 is 0 Å². The zero-order chi connectivity index (χ0) is 13.4. The molecule has 3 nitrogen and oxygen atoms in total. The molecule has 0 saturated heterocycles. The van der Waals surface area contributed by atoms with Gasteiger partial charge in [0.2, 0.25) is 0 Å². The molecule has 2 aromatic rings. The van der Waals surface area contributed by atoms with Crippen LogP contribution in [0.4, 0.5) is 4.39 Å². The second-order valence-electron chi connectivity index (χ2n) is 5.26. The molecule has 1 aromatic heterocycles. The van der Waals surface area contributed by atoms with E-state index >= 15 is 0 Å². The predicted molar refractivity (Wildman–Crippen MR) is 73.2 cm³/mol. The van der Waals surface area contributed by atoms with Gasteiger partial charge in [0.1, 0.15) is 5.82 Å². The molecule has 1 N–H and O–H groups in total. The Morgan fingerprint density at radius 1 is 1.42 bits per heavy atom. The van der Waals surface area contributed by atoms with E-state index in [4.69, 9.17) is 0 Å². The number of rotatable bonds is 4. The monoisotopic (exact) mass is 259 g/mol. The first-order valence-corrected chi connectivity index (χ1v) is 6.66. The molecule has 1 saturated carbocycles. The van der Waals surface area contributed by atoms with Crippen molar-refractivity contribution in [2.75, 3.05) is 0 Å². The van der Waals surface area contributed by atoms with Crippen LogP contribution in [0.1, 0.15) is 24.1 Å². The minimum absolute atomic E-state index is 0.145. The molecule has 0 bridgehead atoms. The number of aromatic nitrogens is 2. The molecular formula is C15H18FN3. The maximum atomic E-state index is 14.1. The molecular weight excluding hydrogens is 241 g/mol. The highest BCUT2D eigenvalue weighted by molar-refractivity contribution is 5.65. The zero-order valence-corrected chi connectivity index (χ0v) is 11.3. The van der Waals surface area contributed by atoms with Gasteiger partial charge in [-0.3, -0.25) is 4.68 Å². The van der Waals surface area contributed by atoms with Crippen LogP contribution in [0.15, 0.2) is 24.4 Å². The van der Waals surface area contributed by atoms with Crippen LogP contribution < -0.4 is 5.32 Å². The Kier molecular flexibility index (Phi) is 3.11. The highest BCUT2D eigenvalue weighted by Gasteiger charge is 2.20. The summed E-state index contributed by atoms with van der Waals surface area (Å²) in [6.45, 7) is 2.55. The van der Waals surface area contributed by atoms with E-state index in [-0.39, 0.29) is 5.82 Å². The second-order valence-corrected chi connectivity index (χ2v) is 5.26. The quantitative estimate of drug-likeness (QED) is 0.915. The Hall–Kier alpha value is -1.68. The van der Waals surface area contributed by atoms with E-state index in [0.29, 0.717) is 12.6 Å². The van der Waals surface area contributed by atoms with Crippen molar-refractivity contribution in [3.63, 3.8) is 0 Å². The van der Waals surface area contributed by atoms with E-state index in [1.54, 1.807) is 10.7 Å². The maximum Gasteiger partial charge on any atom is 0.128 e. The highest BCUT2D eigenvalue weighted by Crippen LogP contribution is 2.25. The summed E-state index contributed by atoms with van der Waals surface area (Å²) < 4.78 is 15.8. The number of halogens is 1. The lowest BCUT2D eigenvalue weighted by molar-refractivity contribution is 0.587. The zero-order valence-electron chi connectivity index (χ0n) is 11.3. The average Bonchev–Trinajstić information content (AvgIpc) is 3.12. The lowest BCUT2D eigenvalue weighted by Crippen LogP contribution is -2.16. The standard InChI is InChI=1S/C15H18FN3/c1-10-14(9-19(2)18-10)11-3-4-12(15(16)7-11)8-17-13-5-6-13/h3-4,7,9,13,17H,5-6,8H2,1-2H3. The van der Waals surface area contributed by atoms with Gasteiger partial charge in [-0.1, -0.05) is 12.1 Å². The molecule has 1 aromatic carbocycles. The Balaban J connectivity index is 1.83.